The van der Waals surface area contributed by atoms with E-state index in [1.165, 1.54) is 0 Å². The zero-order chi connectivity index (χ0) is 19.5. The first-order chi connectivity index (χ1) is 13.7. The minimum Gasteiger partial charge on any atom is -0.492 e. The second-order valence-electron chi connectivity index (χ2n) is 7.66. The van der Waals surface area contributed by atoms with Gasteiger partial charge in [-0.1, -0.05) is 12.2 Å². The first-order valence-electron chi connectivity index (χ1n) is 10.4. The summed E-state index contributed by atoms with van der Waals surface area (Å²) in [5.41, 5.74) is 1.69. The Morgan fingerprint density at radius 1 is 1.11 bits per heavy atom. The molecule has 1 heterocycles. The van der Waals surface area contributed by atoms with Crippen molar-refractivity contribution in [1.29, 1.82) is 0 Å². The minimum absolute atomic E-state index is 0.0546. The van der Waals surface area contributed by atoms with Gasteiger partial charge in [-0.3, -0.25) is 4.79 Å². The van der Waals surface area contributed by atoms with E-state index in [2.05, 4.69) is 22.4 Å². The third-order valence-electron chi connectivity index (χ3n) is 5.89. The largest absolute Gasteiger partial charge is 0.492 e. The molecule has 1 saturated heterocycles. The summed E-state index contributed by atoms with van der Waals surface area (Å²) in [7, 11) is 0. The molecule has 3 aliphatic rings. The zero-order valence-electron chi connectivity index (χ0n) is 16.8. The maximum Gasteiger partial charge on any atom is 0.228 e. The summed E-state index contributed by atoms with van der Waals surface area (Å²) >= 11 is 0. The van der Waals surface area contributed by atoms with E-state index < -0.39 is 0 Å². The summed E-state index contributed by atoms with van der Waals surface area (Å²) in [6.45, 7) is 8.06. The lowest BCUT2D eigenvalue weighted by Crippen LogP contribution is -2.36. The molecular formula is C22H30N2O4. The van der Waals surface area contributed by atoms with Crippen molar-refractivity contribution < 1.29 is 19.0 Å². The lowest BCUT2D eigenvalue weighted by Gasteiger charge is -2.31. The van der Waals surface area contributed by atoms with Gasteiger partial charge >= 0.3 is 0 Å². The molecular weight excluding hydrogens is 356 g/mol. The van der Waals surface area contributed by atoms with Crippen LogP contribution in [0, 0.1) is 17.8 Å². The van der Waals surface area contributed by atoms with Crippen molar-refractivity contribution in [3.8, 4) is 11.5 Å². The predicted molar refractivity (Wildman–Crippen MR) is 109 cm³/mol. The van der Waals surface area contributed by atoms with Crippen molar-refractivity contribution in [1.82, 2.24) is 0 Å². The minimum atomic E-state index is 0.0546. The molecule has 2 bridgehead atoms. The molecule has 3 atom stereocenters. The van der Waals surface area contributed by atoms with Crippen molar-refractivity contribution in [3.05, 3.63) is 24.3 Å². The van der Waals surface area contributed by atoms with Crippen molar-refractivity contribution in [3.63, 3.8) is 0 Å². The second kappa shape index (κ2) is 8.43. The van der Waals surface area contributed by atoms with Crippen LogP contribution in [0.25, 0.3) is 0 Å². The molecule has 4 rings (SSSR count). The standard InChI is InChI=1S/C22H30N2O4/c1-3-27-20-14-19(24-7-9-26-10-8-24)21(28-4-2)13-18(20)23-22(25)17-12-15-5-6-16(17)11-15/h5-6,13-17H,3-4,7-12H2,1-2H3,(H,23,25)/t15-,16+,17-/m1/s1. The molecule has 152 valence electrons. The number of benzene rings is 1. The van der Waals surface area contributed by atoms with Gasteiger partial charge in [0.15, 0.2) is 0 Å². The van der Waals surface area contributed by atoms with E-state index in [9.17, 15) is 4.79 Å². The Morgan fingerprint density at radius 2 is 1.86 bits per heavy atom. The number of nitrogens with one attached hydrogen (secondary N) is 1. The quantitative estimate of drug-likeness (QED) is 0.727. The Kier molecular flexibility index (Phi) is 5.76. The van der Waals surface area contributed by atoms with Crippen LogP contribution in [0.15, 0.2) is 24.3 Å². The van der Waals surface area contributed by atoms with Crippen LogP contribution in [0.2, 0.25) is 0 Å². The van der Waals surface area contributed by atoms with E-state index in [4.69, 9.17) is 14.2 Å². The van der Waals surface area contributed by atoms with Crippen LogP contribution in [0.4, 0.5) is 11.4 Å². The number of anilines is 2. The molecule has 0 spiro atoms. The predicted octanol–water partition coefficient (Wildman–Crippen LogP) is 3.47. The highest BCUT2D eigenvalue weighted by Gasteiger charge is 2.40. The Labute approximate surface area is 166 Å². The molecule has 1 aliphatic heterocycles. The monoisotopic (exact) mass is 386 g/mol. The third kappa shape index (κ3) is 3.83. The van der Waals surface area contributed by atoms with Crippen LogP contribution in [0.3, 0.4) is 0 Å². The zero-order valence-corrected chi connectivity index (χ0v) is 16.8. The Morgan fingerprint density at radius 3 is 2.50 bits per heavy atom. The molecule has 1 amide bonds. The highest BCUT2D eigenvalue weighted by atomic mass is 16.5. The number of rotatable bonds is 7. The molecule has 2 aliphatic carbocycles. The van der Waals surface area contributed by atoms with Gasteiger partial charge in [-0.25, -0.2) is 0 Å². The van der Waals surface area contributed by atoms with Gasteiger partial charge in [0, 0.05) is 31.1 Å². The molecule has 1 N–H and O–H groups in total. The molecule has 0 unspecified atom stereocenters. The summed E-state index contributed by atoms with van der Waals surface area (Å²) in [5, 5.41) is 3.13. The van der Waals surface area contributed by atoms with Gasteiger partial charge in [-0.2, -0.15) is 0 Å². The maximum absolute atomic E-state index is 12.9. The normalized spacial score (nSPS) is 25.8. The highest BCUT2D eigenvalue weighted by Crippen LogP contribution is 2.45. The summed E-state index contributed by atoms with van der Waals surface area (Å²) in [5.74, 6) is 2.54. The van der Waals surface area contributed by atoms with Crippen LogP contribution < -0.4 is 19.7 Å². The van der Waals surface area contributed by atoms with E-state index in [-0.39, 0.29) is 11.8 Å². The smallest absolute Gasteiger partial charge is 0.228 e. The van der Waals surface area contributed by atoms with Crippen LogP contribution in [0.1, 0.15) is 26.7 Å². The van der Waals surface area contributed by atoms with E-state index in [0.29, 0.717) is 49.7 Å². The first-order valence-corrected chi connectivity index (χ1v) is 10.4. The van der Waals surface area contributed by atoms with Crippen LogP contribution in [-0.2, 0) is 9.53 Å². The molecule has 2 fully saturated rings. The number of carbonyl (C=O) groups is 1. The topological polar surface area (TPSA) is 60.0 Å². The molecule has 0 aromatic heterocycles. The van der Waals surface area contributed by atoms with E-state index in [1.54, 1.807) is 0 Å². The summed E-state index contributed by atoms with van der Waals surface area (Å²) in [6, 6.07) is 3.91. The Bertz CT molecular complexity index is 742. The Hall–Kier alpha value is -2.21. The fourth-order valence-electron chi connectivity index (χ4n) is 4.55. The number of nitrogens with zero attached hydrogens (tertiary/aromatic N) is 1. The summed E-state index contributed by atoms with van der Waals surface area (Å²) < 4.78 is 17.3. The van der Waals surface area contributed by atoms with Crippen molar-refractivity contribution in [2.45, 2.75) is 26.7 Å². The number of carbonyl (C=O) groups excluding carboxylic acids is 1. The number of ether oxygens (including phenoxy) is 3. The van der Waals surface area contributed by atoms with Gasteiger partial charge in [-0.05, 0) is 38.5 Å². The molecule has 1 saturated carbocycles. The first kappa shape index (κ1) is 19.1. The number of fused-ring (bicyclic) bond motifs is 2. The molecule has 6 nitrogen and oxygen atoms in total. The van der Waals surface area contributed by atoms with Gasteiger partial charge in [0.25, 0.3) is 0 Å². The number of hydrogen-bond acceptors (Lipinski definition) is 5. The molecule has 1 aromatic carbocycles. The van der Waals surface area contributed by atoms with Crippen molar-refractivity contribution in [2.24, 2.45) is 17.8 Å². The van der Waals surface area contributed by atoms with Crippen molar-refractivity contribution >= 4 is 17.3 Å². The van der Waals surface area contributed by atoms with E-state index in [1.807, 2.05) is 26.0 Å². The third-order valence-corrected chi connectivity index (χ3v) is 5.89. The SMILES string of the molecule is CCOc1cc(N2CCOCC2)c(OCC)cc1NC(=O)[C@@H]1C[C@@H]2C=C[C@H]1C2. The fraction of sp³-hybridized carbons (Fsp3) is 0.591. The number of morpholine rings is 1. The average molecular weight is 386 g/mol. The molecule has 28 heavy (non-hydrogen) atoms. The Balaban J connectivity index is 1.60. The average Bonchev–Trinajstić information content (AvgIpc) is 3.34. The number of hydrogen-bond donors (Lipinski definition) is 1. The molecule has 6 heteroatoms. The van der Waals surface area contributed by atoms with E-state index in [0.717, 1.165) is 37.4 Å². The summed E-state index contributed by atoms with van der Waals surface area (Å²) in [6.07, 6.45) is 6.51. The van der Waals surface area contributed by atoms with Gasteiger partial charge in [0.05, 0.1) is 37.8 Å². The van der Waals surface area contributed by atoms with Gasteiger partial charge < -0.3 is 24.4 Å². The van der Waals surface area contributed by atoms with Crippen LogP contribution >= 0.6 is 0 Å². The lowest BCUT2D eigenvalue weighted by atomic mass is 9.93. The van der Waals surface area contributed by atoms with Gasteiger partial charge in [0.1, 0.15) is 11.5 Å². The van der Waals surface area contributed by atoms with Gasteiger partial charge in [0.2, 0.25) is 5.91 Å². The molecule has 1 aromatic rings. The summed E-state index contributed by atoms with van der Waals surface area (Å²) in [4.78, 5) is 15.2. The fourth-order valence-corrected chi connectivity index (χ4v) is 4.55. The van der Waals surface area contributed by atoms with Crippen molar-refractivity contribution in [2.75, 3.05) is 49.7 Å². The highest BCUT2D eigenvalue weighted by molar-refractivity contribution is 5.95. The van der Waals surface area contributed by atoms with Crippen LogP contribution in [0.5, 0.6) is 11.5 Å². The number of allylic oxidation sites excluding steroid dienone is 2. The lowest BCUT2D eigenvalue weighted by molar-refractivity contribution is -0.120. The van der Waals surface area contributed by atoms with E-state index >= 15 is 0 Å². The maximum atomic E-state index is 12.9. The molecule has 0 radical (unpaired) electrons. The second-order valence-corrected chi connectivity index (χ2v) is 7.66. The number of amides is 1. The van der Waals surface area contributed by atoms with Gasteiger partial charge in [-0.15, -0.1) is 0 Å². The van der Waals surface area contributed by atoms with Crippen LogP contribution in [-0.4, -0.2) is 45.4 Å².